The van der Waals surface area contributed by atoms with Gasteiger partial charge in [0.2, 0.25) is 0 Å². The van der Waals surface area contributed by atoms with Crippen LogP contribution in [0.15, 0.2) is 18.2 Å². The fourth-order valence-corrected chi connectivity index (χ4v) is 1.87. The van der Waals surface area contributed by atoms with Gasteiger partial charge < -0.3 is 4.74 Å². The van der Waals surface area contributed by atoms with Gasteiger partial charge in [-0.3, -0.25) is 4.79 Å². The lowest BCUT2D eigenvalue weighted by Gasteiger charge is -2.23. The molecule has 2 nitrogen and oxygen atoms in total. The summed E-state index contributed by atoms with van der Waals surface area (Å²) in [6.07, 6.45) is 0.508. The molecule has 1 heterocycles. The van der Waals surface area contributed by atoms with E-state index in [0.717, 1.165) is 12.1 Å². The minimum absolute atomic E-state index is 0.157. The Labute approximate surface area is 85.9 Å². The summed E-state index contributed by atoms with van der Waals surface area (Å²) in [4.78, 5) is 11.0. The Bertz CT molecular complexity index is 397. The molecule has 0 saturated carbocycles. The quantitative estimate of drug-likeness (QED) is 0.668. The zero-order valence-corrected chi connectivity index (χ0v) is 8.22. The molecule has 4 heteroatoms. The molecule has 1 aromatic rings. The second-order valence-corrected chi connectivity index (χ2v) is 3.80. The second-order valence-electron chi connectivity index (χ2n) is 3.80. The maximum Gasteiger partial charge on any atom is 0.306 e. The Morgan fingerprint density at radius 1 is 1.33 bits per heavy atom. The van der Waals surface area contributed by atoms with Crippen molar-refractivity contribution in [2.75, 3.05) is 0 Å². The van der Waals surface area contributed by atoms with Crippen molar-refractivity contribution in [1.82, 2.24) is 0 Å². The fraction of sp³-hybridized carbons (Fsp3) is 0.364. The number of ether oxygens (including phenoxy) is 1. The van der Waals surface area contributed by atoms with Crippen LogP contribution in [0.3, 0.4) is 0 Å². The van der Waals surface area contributed by atoms with Gasteiger partial charge in [0.05, 0.1) is 5.56 Å². The number of benzene rings is 1. The summed E-state index contributed by atoms with van der Waals surface area (Å²) < 4.78 is 31.9. The van der Waals surface area contributed by atoms with Crippen LogP contribution in [-0.4, -0.2) is 5.97 Å². The second kappa shape index (κ2) is 3.29. The molecule has 15 heavy (non-hydrogen) atoms. The number of halogens is 2. The summed E-state index contributed by atoms with van der Waals surface area (Å²) in [5.41, 5.74) is -1.32. The summed E-state index contributed by atoms with van der Waals surface area (Å²) in [7, 11) is 0. The predicted molar refractivity (Wildman–Crippen MR) is 49.0 cm³/mol. The molecule has 80 valence electrons. The summed E-state index contributed by atoms with van der Waals surface area (Å²) in [5.74, 6) is -1.76. The van der Waals surface area contributed by atoms with Crippen LogP contribution in [0, 0.1) is 11.6 Å². The summed E-state index contributed by atoms with van der Waals surface area (Å²) >= 11 is 0. The van der Waals surface area contributed by atoms with Crippen LogP contribution >= 0.6 is 0 Å². The molecule has 0 spiro atoms. The van der Waals surface area contributed by atoms with Gasteiger partial charge in [0.15, 0.2) is 0 Å². The number of hydrogen-bond acceptors (Lipinski definition) is 2. The standard InChI is InChI=1S/C11H10F2O2/c1-11(6-5-9(14)15-11)10-7(12)3-2-4-8(10)13/h2-4H,5-6H2,1H3. The molecule has 0 amide bonds. The van der Waals surface area contributed by atoms with E-state index in [9.17, 15) is 13.6 Å². The summed E-state index contributed by atoms with van der Waals surface area (Å²) in [6, 6.07) is 3.61. The van der Waals surface area contributed by atoms with E-state index in [0.29, 0.717) is 6.42 Å². The van der Waals surface area contributed by atoms with E-state index in [-0.39, 0.29) is 12.0 Å². The van der Waals surface area contributed by atoms with Crippen molar-refractivity contribution in [3.63, 3.8) is 0 Å². The lowest BCUT2D eigenvalue weighted by atomic mass is 9.92. The third-order valence-electron chi connectivity index (χ3n) is 2.64. The van der Waals surface area contributed by atoms with Crippen molar-refractivity contribution in [3.05, 3.63) is 35.4 Å². The Morgan fingerprint density at radius 3 is 2.40 bits per heavy atom. The lowest BCUT2D eigenvalue weighted by molar-refractivity contribution is -0.148. The molecule has 0 bridgehead atoms. The molecule has 1 fully saturated rings. The maximum atomic E-state index is 13.4. The fourth-order valence-electron chi connectivity index (χ4n) is 1.87. The highest BCUT2D eigenvalue weighted by atomic mass is 19.1. The molecule has 1 saturated heterocycles. The van der Waals surface area contributed by atoms with Crippen molar-refractivity contribution < 1.29 is 18.3 Å². The number of rotatable bonds is 1. The van der Waals surface area contributed by atoms with E-state index in [1.165, 1.54) is 13.0 Å². The van der Waals surface area contributed by atoms with E-state index in [2.05, 4.69) is 0 Å². The van der Waals surface area contributed by atoms with E-state index >= 15 is 0 Å². The van der Waals surface area contributed by atoms with E-state index in [1.54, 1.807) is 0 Å². The van der Waals surface area contributed by atoms with Crippen molar-refractivity contribution >= 4 is 5.97 Å². The largest absolute Gasteiger partial charge is 0.454 e. The predicted octanol–water partition coefficient (Wildman–Crippen LogP) is 2.52. The van der Waals surface area contributed by atoms with Gasteiger partial charge in [-0.1, -0.05) is 6.07 Å². The molecule has 0 N–H and O–H groups in total. The van der Waals surface area contributed by atoms with Gasteiger partial charge in [-0.2, -0.15) is 0 Å². The highest BCUT2D eigenvalue weighted by Crippen LogP contribution is 2.38. The Hall–Kier alpha value is -1.45. The normalized spacial score (nSPS) is 25.4. The first-order chi connectivity index (χ1) is 7.03. The average molecular weight is 212 g/mol. The number of carbonyl (C=O) groups is 1. The van der Waals surface area contributed by atoms with E-state index < -0.39 is 23.2 Å². The van der Waals surface area contributed by atoms with E-state index in [1.807, 2.05) is 0 Å². The van der Waals surface area contributed by atoms with Gasteiger partial charge in [0.1, 0.15) is 17.2 Å². The zero-order chi connectivity index (χ0) is 11.1. The minimum Gasteiger partial charge on any atom is -0.454 e. The lowest BCUT2D eigenvalue weighted by Crippen LogP contribution is -2.24. The van der Waals surface area contributed by atoms with E-state index in [4.69, 9.17) is 4.74 Å². The molecule has 1 aliphatic rings. The van der Waals surface area contributed by atoms with Crippen LogP contribution in [0.4, 0.5) is 8.78 Å². The molecule has 1 atom stereocenters. The Balaban J connectivity index is 2.49. The number of cyclic esters (lactones) is 1. The SMILES string of the molecule is CC1(c2c(F)cccc2F)CCC(=O)O1. The van der Waals surface area contributed by atoms with Crippen LogP contribution in [0.5, 0.6) is 0 Å². The highest BCUT2D eigenvalue weighted by molar-refractivity contribution is 5.72. The van der Waals surface area contributed by atoms with Gasteiger partial charge in [-0.15, -0.1) is 0 Å². The van der Waals surface area contributed by atoms with Crippen LogP contribution in [-0.2, 0) is 15.1 Å². The van der Waals surface area contributed by atoms with Gasteiger partial charge in [-0.25, -0.2) is 8.78 Å². The van der Waals surface area contributed by atoms with Crippen LogP contribution in [0.25, 0.3) is 0 Å². The summed E-state index contributed by atoms with van der Waals surface area (Å²) in [6.45, 7) is 1.53. The smallest absolute Gasteiger partial charge is 0.306 e. The van der Waals surface area contributed by atoms with Crippen LogP contribution in [0.2, 0.25) is 0 Å². The molecule has 1 aliphatic heterocycles. The maximum absolute atomic E-state index is 13.4. The van der Waals surface area contributed by atoms with Crippen molar-refractivity contribution in [2.24, 2.45) is 0 Å². The summed E-state index contributed by atoms with van der Waals surface area (Å²) in [5, 5.41) is 0. The van der Waals surface area contributed by atoms with Gasteiger partial charge in [-0.05, 0) is 19.1 Å². The monoisotopic (exact) mass is 212 g/mol. The van der Waals surface area contributed by atoms with Crippen molar-refractivity contribution in [1.29, 1.82) is 0 Å². The van der Waals surface area contributed by atoms with Gasteiger partial charge in [0.25, 0.3) is 0 Å². The highest BCUT2D eigenvalue weighted by Gasteiger charge is 2.41. The zero-order valence-electron chi connectivity index (χ0n) is 8.22. The topological polar surface area (TPSA) is 26.3 Å². The number of esters is 1. The first kappa shape index (κ1) is 10.1. The molecule has 1 unspecified atom stereocenters. The Kier molecular flexibility index (Phi) is 2.21. The minimum atomic E-state index is -1.16. The molecule has 2 rings (SSSR count). The molecule has 0 radical (unpaired) electrons. The third kappa shape index (κ3) is 1.60. The molecule has 0 aliphatic carbocycles. The van der Waals surface area contributed by atoms with Gasteiger partial charge in [0, 0.05) is 12.8 Å². The van der Waals surface area contributed by atoms with Crippen molar-refractivity contribution in [2.45, 2.75) is 25.4 Å². The first-order valence-electron chi connectivity index (χ1n) is 4.69. The number of hydrogen-bond donors (Lipinski definition) is 0. The molecular weight excluding hydrogens is 202 g/mol. The van der Waals surface area contributed by atoms with Crippen molar-refractivity contribution in [3.8, 4) is 0 Å². The van der Waals surface area contributed by atoms with Gasteiger partial charge >= 0.3 is 5.97 Å². The van der Waals surface area contributed by atoms with Crippen LogP contribution < -0.4 is 0 Å². The first-order valence-corrected chi connectivity index (χ1v) is 4.69. The molecular formula is C11H10F2O2. The van der Waals surface area contributed by atoms with Crippen LogP contribution in [0.1, 0.15) is 25.3 Å². The Morgan fingerprint density at radius 2 is 1.93 bits per heavy atom. The average Bonchev–Trinajstić information content (AvgIpc) is 2.46. The third-order valence-corrected chi connectivity index (χ3v) is 2.64. The molecule has 1 aromatic carbocycles. The number of carbonyl (C=O) groups excluding carboxylic acids is 1. The molecule has 0 aromatic heterocycles.